The van der Waals surface area contributed by atoms with E-state index in [1.807, 2.05) is 30.3 Å². The van der Waals surface area contributed by atoms with E-state index in [9.17, 15) is 4.79 Å². The lowest BCUT2D eigenvalue weighted by Crippen LogP contribution is -2.23. The number of anilines is 1. The van der Waals surface area contributed by atoms with Gasteiger partial charge in [0.05, 0.1) is 17.6 Å². The first-order valence-electron chi connectivity index (χ1n) is 6.16. The lowest BCUT2D eigenvalue weighted by Gasteiger charge is -2.11. The van der Waals surface area contributed by atoms with Crippen molar-refractivity contribution in [1.29, 1.82) is 0 Å². The highest BCUT2D eigenvalue weighted by molar-refractivity contribution is 6.32. The van der Waals surface area contributed by atoms with Crippen LogP contribution in [-0.2, 0) is 0 Å². The minimum Gasteiger partial charge on any atom is -0.382 e. The molecule has 1 heterocycles. The molecule has 0 atom stereocenters. The maximum Gasteiger partial charge on any atom is 0.292 e. The van der Waals surface area contributed by atoms with Crippen molar-refractivity contribution in [2.45, 2.75) is 13.8 Å². The highest BCUT2D eigenvalue weighted by Crippen LogP contribution is 2.16. The van der Waals surface area contributed by atoms with Gasteiger partial charge in [0, 0.05) is 6.54 Å². The van der Waals surface area contributed by atoms with Gasteiger partial charge in [-0.2, -0.15) is 9.78 Å². The number of halogens is 1. The van der Waals surface area contributed by atoms with E-state index in [2.05, 4.69) is 24.3 Å². The monoisotopic (exact) mass is 277 g/mol. The molecule has 0 spiro atoms. The van der Waals surface area contributed by atoms with Crippen LogP contribution in [0.5, 0.6) is 0 Å². The van der Waals surface area contributed by atoms with Gasteiger partial charge in [-0.1, -0.05) is 43.6 Å². The fraction of sp³-hybridized carbons (Fsp3) is 0.286. The molecule has 5 heteroatoms. The minimum atomic E-state index is -0.318. The molecule has 0 radical (unpaired) electrons. The lowest BCUT2D eigenvalue weighted by atomic mass is 10.2. The maximum atomic E-state index is 12.2. The highest BCUT2D eigenvalue weighted by Gasteiger charge is 2.10. The van der Waals surface area contributed by atoms with Gasteiger partial charge in [-0.25, -0.2) is 0 Å². The smallest absolute Gasteiger partial charge is 0.292 e. The molecular formula is C14H16ClN3O. The zero-order chi connectivity index (χ0) is 13.8. The Morgan fingerprint density at radius 1 is 1.32 bits per heavy atom. The van der Waals surface area contributed by atoms with Crippen molar-refractivity contribution in [2.75, 3.05) is 11.9 Å². The highest BCUT2D eigenvalue weighted by atomic mass is 35.5. The molecule has 2 rings (SSSR count). The summed E-state index contributed by atoms with van der Waals surface area (Å²) in [7, 11) is 0. The van der Waals surface area contributed by atoms with Crippen LogP contribution in [0.4, 0.5) is 5.69 Å². The first kappa shape index (κ1) is 13.6. The van der Waals surface area contributed by atoms with Crippen molar-refractivity contribution in [2.24, 2.45) is 5.92 Å². The van der Waals surface area contributed by atoms with E-state index in [0.717, 1.165) is 6.54 Å². The van der Waals surface area contributed by atoms with Gasteiger partial charge in [0.15, 0.2) is 0 Å². The molecule has 2 aromatic rings. The van der Waals surface area contributed by atoms with Crippen LogP contribution < -0.4 is 10.9 Å². The number of benzene rings is 1. The van der Waals surface area contributed by atoms with Gasteiger partial charge in [0.25, 0.3) is 5.56 Å². The van der Waals surface area contributed by atoms with Crippen molar-refractivity contribution < 1.29 is 0 Å². The van der Waals surface area contributed by atoms with E-state index in [4.69, 9.17) is 11.6 Å². The molecule has 1 aromatic heterocycles. The van der Waals surface area contributed by atoms with E-state index >= 15 is 0 Å². The van der Waals surface area contributed by atoms with E-state index in [0.29, 0.717) is 17.3 Å². The number of hydrogen-bond acceptors (Lipinski definition) is 3. The van der Waals surface area contributed by atoms with E-state index < -0.39 is 0 Å². The summed E-state index contributed by atoms with van der Waals surface area (Å²) < 4.78 is 1.29. The maximum absolute atomic E-state index is 12.2. The van der Waals surface area contributed by atoms with Crippen LogP contribution >= 0.6 is 11.6 Å². The van der Waals surface area contributed by atoms with Gasteiger partial charge < -0.3 is 5.32 Å². The zero-order valence-electron chi connectivity index (χ0n) is 10.9. The molecule has 4 nitrogen and oxygen atoms in total. The molecule has 0 saturated carbocycles. The van der Waals surface area contributed by atoms with Gasteiger partial charge in [0.2, 0.25) is 0 Å². The van der Waals surface area contributed by atoms with Crippen molar-refractivity contribution in [3.05, 3.63) is 51.9 Å². The summed E-state index contributed by atoms with van der Waals surface area (Å²) in [6, 6.07) is 9.21. The Labute approximate surface area is 117 Å². The Bertz CT molecular complexity index is 608. The average molecular weight is 278 g/mol. The summed E-state index contributed by atoms with van der Waals surface area (Å²) in [5.74, 6) is 0.465. The van der Waals surface area contributed by atoms with Crippen LogP contribution in [0.25, 0.3) is 5.69 Å². The Kier molecular flexibility index (Phi) is 4.22. The van der Waals surface area contributed by atoms with E-state index in [-0.39, 0.29) is 10.6 Å². The predicted octanol–water partition coefficient (Wildman–Crippen LogP) is 2.95. The van der Waals surface area contributed by atoms with Crippen molar-refractivity contribution >= 4 is 17.3 Å². The molecule has 0 bridgehead atoms. The predicted molar refractivity (Wildman–Crippen MR) is 78.2 cm³/mol. The molecule has 0 fully saturated rings. The minimum absolute atomic E-state index is 0.166. The summed E-state index contributed by atoms with van der Waals surface area (Å²) in [6.07, 6.45) is 1.58. The number of rotatable bonds is 4. The number of hydrogen-bond donors (Lipinski definition) is 1. The third kappa shape index (κ3) is 3.15. The Morgan fingerprint density at radius 2 is 2.00 bits per heavy atom. The Balaban J connectivity index is 2.36. The quantitative estimate of drug-likeness (QED) is 0.935. The number of nitrogens with one attached hydrogen (secondary N) is 1. The average Bonchev–Trinajstić information content (AvgIpc) is 2.41. The third-order valence-corrected chi connectivity index (χ3v) is 2.99. The Morgan fingerprint density at radius 3 is 2.63 bits per heavy atom. The molecule has 0 aliphatic carbocycles. The third-order valence-electron chi connectivity index (χ3n) is 2.62. The molecule has 0 saturated heterocycles. The topological polar surface area (TPSA) is 46.9 Å². The molecule has 0 unspecified atom stereocenters. The SMILES string of the molecule is CC(C)CNc1cnn(-c2ccccc2)c(=O)c1Cl. The van der Waals surface area contributed by atoms with Crippen LogP contribution in [-0.4, -0.2) is 16.3 Å². The Hall–Kier alpha value is -1.81. The zero-order valence-corrected chi connectivity index (χ0v) is 11.7. The van der Waals surface area contributed by atoms with E-state index in [1.165, 1.54) is 4.68 Å². The number of para-hydroxylation sites is 1. The van der Waals surface area contributed by atoms with Gasteiger partial charge >= 0.3 is 0 Å². The fourth-order valence-corrected chi connectivity index (χ4v) is 1.82. The van der Waals surface area contributed by atoms with Gasteiger partial charge in [-0.05, 0) is 18.1 Å². The molecule has 0 aliphatic rings. The summed E-state index contributed by atoms with van der Waals surface area (Å²) in [5.41, 5.74) is 0.957. The van der Waals surface area contributed by atoms with Crippen molar-refractivity contribution in [1.82, 2.24) is 9.78 Å². The van der Waals surface area contributed by atoms with Gasteiger partial charge in [-0.3, -0.25) is 4.79 Å². The van der Waals surface area contributed by atoms with Crippen LogP contribution in [0.3, 0.4) is 0 Å². The second-order valence-electron chi connectivity index (χ2n) is 4.70. The molecule has 100 valence electrons. The molecule has 0 aliphatic heterocycles. The van der Waals surface area contributed by atoms with Crippen molar-refractivity contribution in [3.8, 4) is 5.69 Å². The first-order chi connectivity index (χ1) is 9.09. The molecule has 0 amide bonds. The van der Waals surface area contributed by atoms with Gasteiger partial charge in [-0.15, -0.1) is 0 Å². The summed E-state index contributed by atoms with van der Waals surface area (Å²) >= 11 is 6.10. The first-order valence-corrected chi connectivity index (χ1v) is 6.54. The molecule has 1 aromatic carbocycles. The summed E-state index contributed by atoms with van der Waals surface area (Å²) in [6.45, 7) is 4.91. The van der Waals surface area contributed by atoms with Crippen molar-refractivity contribution in [3.63, 3.8) is 0 Å². The second kappa shape index (κ2) is 5.89. The second-order valence-corrected chi connectivity index (χ2v) is 5.08. The lowest BCUT2D eigenvalue weighted by molar-refractivity contribution is 0.687. The van der Waals surface area contributed by atoms with Crippen LogP contribution in [0.1, 0.15) is 13.8 Å². The number of nitrogens with zero attached hydrogens (tertiary/aromatic N) is 2. The fourth-order valence-electron chi connectivity index (χ4n) is 1.62. The van der Waals surface area contributed by atoms with Crippen LogP contribution in [0, 0.1) is 5.92 Å². The van der Waals surface area contributed by atoms with Crippen LogP contribution in [0.2, 0.25) is 5.02 Å². The van der Waals surface area contributed by atoms with Crippen LogP contribution in [0.15, 0.2) is 41.3 Å². The summed E-state index contributed by atoms with van der Waals surface area (Å²) in [5, 5.41) is 7.43. The number of aromatic nitrogens is 2. The van der Waals surface area contributed by atoms with Gasteiger partial charge in [0.1, 0.15) is 5.02 Å². The molecular weight excluding hydrogens is 262 g/mol. The van der Waals surface area contributed by atoms with E-state index in [1.54, 1.807) is 6.20 Å². The molecule has 1 N–H and O–H groups in total. The normalized spacial score (nSPS) is 10.7. The largest absolute Gasteiger partial charge is 0.382 e. The summed E-state index contributed by atoms with van der Waals surface area (Å²) in [4.78, 5) is 12.2. The molecule has 19 heavy (non-hydrogen) atoms. The standard InChI is InChI=1S/C14H16ClN3O/c1-10(2)8-16-12-9-17-18(14(19)13(12)15)11-6-4-3-5-7-11/h3-7,9-10,16H,8H2,1-2H3.